The van der Waals surface area contributed by atoms with E-state index in [9.17, 15) is 4.79 Å². The number of hydrogen-bond donors (Lipinski definition) is 2. The van der Waals surface area contributed by atoms with E-state index in [2.05, 4.69) is 21.4 Å². The van der Waals surface area contributed by atoms with E-state index in [1.54, 1.807) is 0 Å². The Balaban J connectivity index is 2.25. The molecule has 0 saturated carbocycles. The van der Waals surface area contributed by atoms with Gasteiger partial charge in [0.25, 0.3) is 0 Å². The van der Waals surface area contributed by atoms with Gasteiger partial charge in [0.05, 0.1) is 6.04 Å². The maximum absolute atomic E-state index is 11.4. The Hall–Kier alpha value is -0.910. The van der Waals surface area contributed by atoms with Crippen LogP contribution >= 0.6 is 15.9 Å². The van der Waals surface area contributed by atoms with Gasteiger partial charge in [0, 0.05) is 24.0 Å². The molecule has 1 unspecified atom stereocenters. The van der Waals surface area contributed by atoms with Crippen LogP contribution in [0.25, 0.3) is 0 Å². The van der Waals surface area contributed by atoms with Crippen molar-refractivity contribution in [2.45, 2.75) is 12.5 Å². The molecule has 1 saturated heterocycles. The summed E-state index contributed by atoms with van der Waals surface area (Å²) < 4.78 is 1.03. The van der Waals surface area contributed by atoms with E-state index in [-0.39, 0.29) is 11.9 Å². The Bertz CT molecular complexity index is 397. The minimum atomic E-state index is 0.0502. The van der Waals surface area contributed by atoms with Gasteiger partial charge in [0.15, 0.2) is 0 Å². The standard InChI is InChI=1S/C11H14BrN3O/c12-9-4-2-1-3-8(9)10-7-11(16)14-15(10)6-5-13/h1-4,10H,5-7,13H2,(H,14,16). The van der Waals surface area contributed by atoms with Gasteiger partial charge in [-0.25, -0.2) is 5.01 Å². The average molecular weight is 284 g/mol. The summed E-state index contributed by atoms with van der Waals surface area (Å²) in [6, 6.07) is 8.03. The number of carbonyl (C=O) groups is 1. The van der Waals surface area contributed by atoms with Crippen molar-refractivity contribution in [1.29, 1.82) is 0 Å². The summed E-state index contributed by atoms with van der Waals surface area (Å²) in [5, 5.41) is 1.91. The normalized spacial score (nSPS) is 21.1. The number of nitrogens with zero attached hydrogens (tertiary/aromatic N) is 1. The van der Waals surface area contributed by atoms with Crippen molar-refractivity contribution in [3.63, 3.8) is 0 Å². The molecule has 5 heteroatoms. The Morgan fingerprint density at radius 2 is 2.25 bits per heavy atom. The fraction of sp³-hybridized carbons (Fsp3) is 0.364. The number of halogens is 1. The van der Waals surface area contributed by atoms with Crippen LogP contribution in [-0.2, 0) is 4.79 Å². The topological polar surface area (TPSA) is 58.4 Å². The van der Waals surface area contributed by atoms with E-state index in [1.165, 1.54) is 0 Å². The molecule has 1 aliphatic heterocycles. The number of nitrogens with two attached hydrogens (primary N) is 1. The van der Waals surface area contributed by atoms with Crippen LogP contribution in [0, 0.1) is 0 Å². The van der Waals surface area contributed by atoms with E-state index in [1.807, 2.05) is 29.3 Å². The number of hydrogen-bond acceptors (Lipinski definition) is 3. The molecule has 1 amide bonds. The first kappa shape index (κ1) is 11.6. The van der Waals surface area contributed by atoms with E-state index in [4.69, 9.17) is 5.73 Å². The number of benzene rings is 1. The van der Waals surface area contributed by atoms with E-state index >= 15 is 0 Å². The molecule has 1 heterocycles. The van der Waals surface area contributed by atoms with Crippen LogP contribution in [0.5, 0.6) is 0 Å². The molecule has 0 aliphatic carbocycles. The molecular weight excluding hydrogens is 270 g/mol. The Labute approximate surface area is 103 Å². The van der Waals surface area contributed by atoms with E-state index in [0.29, 0.717) is 19.5 Å². The first-order valence-corrected chi connectivity index (χ1v) is 6.02. The predicted molar refractivity (Wildman–Crippen MR) is 65.4 cm³/mol. The number of amides is 1. The molecule has 16 heavy (non-hydrogen) atoms. The second kappa shape index (κ2) is 4.95. The monoisotopic (exact) mass is 283 g/mol. The molecule has 0 bridgehead atoms. The Kier molecular flexibility index (Phi) is 3.58. The maximum atomic E-state index is 11.4. The van der Waals surface area contributed by atoms with Crippen LogP contribution in [0.1, 0.15) is 18.0 Å². The number of rotatable bonds is 3. The molecule has 1 atom stereocenters. The van der Waals surface area contributed by atoms with Crippen molar-refractivity contribution in [2.24, 2.45) is 5.73 Å². The lowest BCUT2D eigenvalue weighted by atomic mass is 10.0. The van der Waals surface area contributed by atoms with Gasteiger partial charge in [0.1, 0.15) is 0 Å². The molecule has 1 aliphatic rings. The first-order chi connectivity index (χ1) is 7.72. The average Bonchev–Trinajstić information content (AvgIpc) is 2.61. The van der Waals surface area contributed by atoms with Gasteiger partial charge < -0.3 is 5.73 Å². The van der Waals surface area contributed by atoms with E-state index < -0.39 is 0 Å². The lowest BCUT2D eigenvalue weighted by Gasteiger charge is -2.23. The zero-order valence-electron chi connectivity index (χ0n) is 8.82. The SMILES string of the molecule is NCCN1NC(=O)CC1c1ccccc1Br. The van der Waals surface area contributed by atoms with Crippen molar-refractivity contribution in [3.8, 4) is 0 Å². The second-order valence-corrected chi connectivity index (χ2v) is 4.61. The van der Waals surface area contributed by atoms with Crippen LogP contribution in [0.2, 0.25) is 0 Å². The smallest absolute Gasteiger partial charge is 0.236 e. The third kappa shape index (κ3) is 2.26. The number of hydrazine groups is 1. The van der Waals surface area contributed by atoms with Gasteiger partial charge in [-0.1, -0.05) is 34.1 Å². The summed E-state index contributed by atoms with van der Waals surface area (Å²) in [4.78, 5) is 11.4. The molecule has 86 valence electrons. The minimum Gasteiger partial charge on any atom is -0.329 e. The summed E-state index contributed by atoms with van der Waals surface area (Å²) in [6.45, 7) is 1.19. The highest BCUT2D eigenvalue weighted by Gasteiger charge is 2.31. The molecule has 3 N–H and O–H groups in total. The van der Waals surface area contributed by atoms with Gasteiger partial charge >= 0.3 is 0 Å². The summed E-state index contributed by atoms with van der Waals surface area (Å²) in [5.41, 5.74) is 9.47. The summed E-state index contributed by atoms with van der Waals surface area (Å²) in [5.74, 6) is 0.0502. The van der Waals surface area contributed by atoms with Gasteiger partial charge in [-0.3, -0.25) is 10.2 Å². The molecule has 0 aromatic heterocycles. The van der Waals surface area contributed by atoms with Crippen molar-refractivity contribution >= 4 is 21.8 Å². The zero-order valence-corrected chi connectivity index (χ0v) is 10.4. The number of nitrogens with one attached hydrogen (secondary N) is 1. The largest absolute Gasteiger partial charge is 0.329 e. The van der Waals surface area contributed by atoms with Crippen LogP contribution in [-0.4, -0.2) is 24.0 Å². The van der Waals surface area contributed by atoms with Crippen LogP contribution in [0.4, 0.5) is 0 Å². The summed E-state index contributed by atoms with van der Waals surface area (Å²) in [6.07, 6.45) is 0.489. The van der Waals surface area contributed by atoms with Crippen molar-refractivity contribution < 1.29 is 4.79 Å². The molecule has 1 aromatic carbocycles. The molecule has 2 rings (SSSR count). The van der Waals surface area contributed by atoms with E-state index in [0.717, 1.165) is 10.0 Å². The fourth-order valence-electron chi connectivity index (χ4n) is 1.94. The van der Waals surface area contributed by atoms with Gasteiger partial charge in [0.2, 0.25) is 5.91 Å². The van der Waals surface area contributed by atoms with Gasteiger partial charge in [-0.2, -0.15) is 0 Å². The molecule has 0 spiro atoms. The summed E-state index contributed by atoms with van der Waals surface area (Å²) >= 11 is 3.51. The zero-order chi connectivity index (χ0) is 11.5. The van der Waals surface area contributed by atoms with Crippen molar-refractivity contribution in [3.05, 3.63) is 34.3 Å². The minimum absolute atomic E-state index is 0.0502. The lowest BCUT2D eigenvalue weighted by molar-refractivity contribution is -0.120. The maximum Gasteiger partial charge on any atom is 0.236 e. The Morgan fingerprint density at radius 1 is 1.50 bits per heavy atom. The lowest BCUT2D eigenvalue weighted by Crippen LogP contribution is -2.38. The molecule has 0 radical (unpaired) electrons. The fourth-order valence-corrected chi connectivity index (χ4v) is 2.49. The van der Waals surface area contributed by atoms with Crippen LogP contribution in [0.15, 0.2) is 28.7 Å². The van der Waals surface area contributed by atoms with Crippen LogP contribution in [0.3, 0.4) is 0 Å². The molecule has 4 nitrogen and oxygen atoms in total. The first-order valence-electron chi connectivity index (χ1n) is 5.23. The van der Waals surface area contributed by atoms with Crippen LogP contribution < -0.4 is 11.2 Å². The molecular formula is C11H14BrN3O. The third-order valence-corrected chi connectivity index (χ3v) is 3.38. The highest BCUT2D eigenvalue weighted by Crippen LogP contribution is 2.31. The highest BCUT2D eigenvalue weighted by molar-refractivity contribution is 9.10. The second-order valence-electron chi connectivity index (χ2n) is 3.76. The predicted octanol–water partition coefficient (Wildman–Crippen LogP) is 1.19. The van der Waals surface area contributed by atoms with Gasteiger partial charge in [-0.05, 0) is 11.6 Å². The number of carbonyl (C=O) groups excluding carboxylic acids is 1. The van der Waals surface area contributed by atoms with Crippen molar-refractivity contribution in [2.75, 3.05) is 13.1 Å². The molecule has 1 aromatic rings. The quantitative estimate of drug-likeness (QED) is 0.876. The van der Waals surface area contributed by atoms with Crippen molar-refractivity contribution in [1.82, 2.24) is 10.4 Å². The van der Waals surface area contributed by atoms with Gasteiger partial charge in [-0.15, -0.1) is 0 Å². The third-order valence-electron chi connectivity index (χ3n) is 2.66. The summed E-state index contributed by atoms with van der Waals surface area (Å²) in [7, 11) is 0. The Morgan fingerprint density at radius 3 is 2.94 bits per heavy atom. The highest BCUT2D eigenvalue weighted by atomic mass is 79.9. The molecule has 1 fully saturated rings.